The van der Waals surface area contributed by atoms with Gasteiger partial charge in [0.1, 0.15) is 18.1 Å². The average Bonchev–Trinajstić information content (AvgIpc) is 2.81. The molecule has 0 radical (unpaired) electrons. The van der Waals surface area contributed by atoms with Gasteiger partial charge in [-0.15, -0.1) is 0 Å². The number of nitrogens with zero attached hydrogens (tertiary/aromatic N) is 1. The molecule has 1 atom stereocenters. The predicted octanol–water partition coefficient (Wildman–Crippen LogP) is 5.87. The quantitative estimate of drug-likeness (QED) is 0.176. The van der Waals surface area contributed by atoms with Crippen LogP contribution in [0.4, 0.5) is 5.69 Å². The topological polar surface area (TPSA) is 73.8 Å². The maximum absolute atomic E-state index is 11.9. The van der Waals surface area contributed by atoms with Gasteiger partial charge in [-0.1, -0.05) is 64.8 Å². The lowest BCUT2D eigenvalue weighted by Crippen LogP contribution is -2.47. The van der Waals surface area contributed by atoms with Crippen LogP contribution in [0.1, 0.15) is 38.7 Å². The molecule has 1 fully saturated rings. The van der Waals surface area contributed by atoms with Gasteiger partial charge in [0.05, 0.1) is 14.1 Å². The van der Waals surface area contributed by atoms with E-state index in [-0.39, 0.29) is 20.1 Å². The smallest absolute Gasteiger partial charge is 0.224 e. The number of phenolic OH excluding ortho intramolecular Hbond substituents is 1. The summed E-state index contributed by atoms with van der Waals surface area (Å²) in [4.78, 5) is 14.3. The van der Waals surface area contributed by atoms with Gasteiger partial charge in [0.25, 0.3) is 0 Å². The Morgan fingerprint density at radius 2 is 1.91 bits per heavy atom. The van der Waals surface area contributed by atoms with Crippen LogP contribution in [0.2, 0.25) is 10.0 Å². The number of alkyl halides is 1. The van der Waals surface area contributed by atoms with Crippen LogP contribution in [0.25, 0.3) is 0 Å². The molecule has 1 aliphatic rings. The van der Waals surface area contributed by atoms with Gasteiger partial charge < -0.3 is 20.5 Å². The van der Waals surface area contributed by atoms with Crippen LogP contribution in [0.15, 0.2) is 36.4 Å². The summed E-state index contributed by atoms with van der Waals surface area (Å²) >= 11 is 14.4. The van der Waals surface area contributed by atoms with E-state index >= 15 is 0 Å². The number of ether oxygens (including phenoxy) is 1. The second-order valence-corrected chi connectivity index (χ2v) is 12.4. The highest BCUT2D eigenvalue weighted by Gasteiger charge is 2.26. The number of rotatable bonds is 10. The van der Waals surface area contributed by atoms with Gasteiger partial charge in [-0.25, -0.2) is 0 Å². The molecule has 2 aromatic rings. The Hall–Kier alpha value is -1.26. The number of benzene rings is 2. The summed E-state index contributed by atoms with van der Waals surface area (Å²) in [5.74, 6) is 0.180. The number of aromatic hydroxyl groups is 1. The van der Waals surface area contributed by atoms with Gasteiger partial charge in [-0.2, -0.15) is 0 Å². The van der Waals surface area contributed by atoms with Crippen molar-refractivity contribution in [1.82, 2.24) is 10.2 Å². The van der Waals surface area contributed by atoms with Crippen LogP contribution in [0.3, 0.4) is 0 Å². The number of phenols is 1. The molecule has 1 heterocycles. The summed E-state index contributed by atoms with van der Waals surface area (Å²) in [6.07, 6.45) is 2.53. The van der Waals surface area contributed by atoms with E-state index < -0.39 is 0 Å². The standard InChI is InChI=1S/C25H32Cl2IN3O3/c1-3-24(33)30-21-12-20(27)22(32)13-23(21)34-16-25(2,28)15-29-19-8-10-31(11-9-19)14-17-4-6-18(26)7-5-17/h4-7,12-13,19,29,32H,3,8-11,14-16H2,1-2H3,(H,30,33)/t25-/m0/s1. The van der Waals surface area contributed by atoms with Gasteiger partial charge in [0.15, 0.2) is 0 Å². The van der Waals surface area contributed by atoms with E-state index in [0.29, 0.717) is 30.5 Å². The molecule has 9 heteroatoms. The summed E-state index contributed by atoms with van der Waals surface area (Å²) in [5.41, 5.74) is 1.75. The number of halogens is 3. The molecule has 1 aliphatic heterocycles. The molecule has 34 heavy (non-hydrogen) atoms. The molecule has 0 spiro atoms. The Balaban J connectivity index is 1.46. The van der Waals surface area contributed by atoms with Gasteiger partial charge in [0.2, 0.25) is 5.91 Å². The van der Waals surface area contributed by atoms with Gasteiger partial charge in [-0.3, -0.25) is 9.69 Å². The summed E-state index contributed by atoms with van der Waals surface area (Å²) in [5, 5.41) is 17.4. The van der Waals surface area contributed by atoms with Crippen molar-refractivity contribution >= 4 is 57.4 Å². The summed E-state index contributed by atoms with van der Waals surface area (Å²) < 4.78 is 5.84. The molecule has 0 unspecified atom stereocenters. The lowest BCUT2D eigenvalue weighted by atomic mass is 10.0. The van der Waals surface area contributed by atoms with Crippen LogP contribution in [-0.4, -0.2) is 51.6 Å². The van der Waals surface area contributed by atoms with Crippen molar-refractivity contribution in [3.8, 4) is 11.5 Å². The number of carbonyl (C=O) groups excluding carboxylic acids is 1. The fourth-order valence-corrected chi connectivity index (χ4v) is 4.44. The molecule has 1 saturated heterocycles. The largest absolute Gasteiger partial charge is 0.506 e. The first-order valence-electron chi connectivity index (χ1n) is 11.5. The third-order valence-electron chi connectivity index (χ3n) is 5.84. The number of nitrogens with one attached hydrogen (secondary N) is 2. The Bertz CT molecular complexity index is 965. The average molecular weight is 620 g/mol. The number of amides is 1. The van der Waals surface area contributed by atoms with E-state index in [2.05, 4.69) is 57.2 Å². The highest BCUT2D eigenvalue weighted by atomic mass is 127. The Kier molecular flexibility index (Phi) is 10.1. The Morgan fingerprint density at radius 3 is 2.56 bits per heavy atom. The highest BCUT2D eigenvalue weighted by Crippen LogP contribution is 2.36. The van der Waals surface area contributed by atoms with Crippen molar-refractivity contribution in [2.24, 2.45) is 0 Å². The molecule has 2 aromatic carbocycles. The monoisotopic (exact) mass is 619 g/mol. The van der Waals surface area contributed by atoms with Crippen molar-refractivity contribution in [2.45, 2.75) is 49.1 Å². The van der Waals surface area contributed by atoms with Crippen molar-refractivity contribution < 1.29 is 14.6 Å². The van der Waals surface area contributed by atoms with Crippen LogP contribution in [0, 0.1) is 0 Å². The molecule has 186 valence electrons. The number of piperidine rings is 1. The fraction of sp³-hybridized carbons (Fsp3) is 0.480. The molecule has 0 aromatic heterocycles. The van der Waals surface area contributed by atoms with Crippen molar-refractivity contribution in [3.63, 3.8) is 0 Å². The first-order valence-corrected chi connectivity index (χ1v) is 13.3. The number of hydrogen-bond acceptors (Lipinski definition) is 5. The third kappa shape index (κ3) is 8.45. The predicted molar refractivity (Wildman–Crippen MR) is 148 cm³/mol. The molecule has 0 aliphatic carbocycles. The lowest BCUT2D eigenvalue weighted by molar-refractivity contribution is -0.115. The Labute approximate surface area is 225 Å². The molecule has 3 rings (SSSR count). The second kappa shape index (κ2) is 12.6. The lowest BCUT2D eigenvalue weighted by Gasteiger charge is -2.34. The van der Waals surface area contributed by atoms with Gasteiger partial charge in [0, 0.05) is 36.6 Å². The third-order valence-corrected chi connectivity index (χ3v) is 7.09. The van der Waals surface area contributed by atoms with Crippen LogP contribution >= 0.6 is 45.8 Å². The number of anilines is 1. The minimum absolute atomic E-state index is 0.0789. The maximum Gasteiger partial charge on any atom is 0.224 e. The van der Waals surface area contributed by atoms with E-state index in [9.17, 15) is 9.90 Å². The van der Waals surface area contributed by atoms with E-state index in [1.54, 1.807) is 6.92 Å². The zero-order valence-electron chi connectivity index (χ0n) is 19.5. The Morgan fingerprint density at radius 1 is 1.24 bits per heavy atom. The minimum atomic E-state index is -0.181. The molecular formula is C25H32Cl2IN3O3. The molecule has 1 amide bonds. The fourth-order valence-electron chi connectivity index (χ4n) is 3.78. The maximum atomic E-state index is 11.9. The SMILES string of the molecule is CCC(=O)Nc1cc(Cl)c(O)cc1OC[C@@](C)(I)CNC1CCN(Cc2ccc(Cl)cc2)CC1. The molecule has 0 bridgehead atoms. The van der Waals surface area contributed by atoms with Crippen LogP contribution < -0.4 is 15.4 Å². The van der Waals surface area contributed by atoms with Crippen molar-refractivity contribution in [3.05, 3.63) is 52.0 Å². The minimum Gasteiger partial charge on any atom is -0.506 e. The first kappa shape index (κ1) is 27.3. The summed E-state index contributed by atoms with van der Waals surface area (Å²) in [6.45, 7) is 8.15. The van der Waals surface area contributed by atoms with Gasteiger partial charge >= 0.3 is 0 Å². The van der Waals surface area contributed by atoms with Crippen LogP contribution in [-0.2, 0) is 11.3 Å². The normalized spacial score (nSPS) is 16.7. The number of likely N-dealkylation sites (tertiary alicyclic amines) is 1. The van der Waals surface area contributed by atoms with Crippen LogP contribution in [0.5, 0.6) is 11.5 Å². The number of carbonyl (C=O) groups is 1. The van der Waals surface area contributed by atoms with E-state index in [4.69, 9.17) is 27.9 Å². The highest BCUT2D eigenvalue weighted by molar-refractivity contribution is 14.1. The van der Waals surface area contributed by atoms with E-state index in [1.807, 2.05) is 12.1 Å². The van der Waals surface area contributed by atoms with Crippen molar-refractivity contribution in [2.75, 3.05) is 31.6 Å². The van der Waals surface area contributed by atoms with Crippen molar-refractivity contribution in [1.29, 1.82) is 0 Å². The van der Waals surface area contributed by atoms with E-state index in [1.165, 1.54) is 17.7 Å². The summed E-state index contributed by atoms with van der Waals surface area (Å²) in [7, 11) is 0. The molecular weight excluding hydrogens is 588 g/mol. The zero-order chi connectivity index (χ0) is 24.7. The second-order valence-electron chi connectivity index (χ2n) is 8.96. The zero-order valence-corrected chi connectivity index (χ0v) is 23.2. The van der Waals surface area contributed by atoms with Gasteiger partial charge in [-0.05, 0) is 56.6 Å². The molecule has 6 nitrogen and oxygen atoms in total. The number of hydrogen-bond donors (Lipinski definition) is 3. The first-order chi connectivity index (χ1) is 16.1. The van der Waals surface area contributed by atoms with E-state index in [0.717, 1.165) is 44.0 Å². The summed E-state index contributed by atoms with van der Waals surface area (Å²) in [6, 6.07) is 11.5. The molecule has 3 N–H and O–H groups in total. The molecule has 0 saturated carbocycles.